The number of nitrogens with zero attached hydrogens (tertiary/aromatic N) is 1. The number of nitrogens with one attached hydrogen (secondary N) is 1. The Labute approximate surface area is 196 Å². The summed E-state index contributed by atoms with van der Waals surface area (Å²) >= 11 is 12.2. The molecule has 32 heavy (non-hydrogen) atoms. The number of anilines is 1. The molecule has 1 atom stereocenters. The van der Waals surface area contributed by atoms with Crippen molar-refractivity contribution in [2.75, 3.05) is 5.32 Å². The molecule has 1 N–H and O–H groups in total. The maximum absolute atomic E-state index is 13.1. The summed E-state index contributed by atoms with van der Waals surface area (Å²) in [6.07, 6.45) is -0.0277. The van der Waals surface area contributed by atoms with Crippen LogP contribution in [0.2, 0.25) is 10.0 Å². The number of rotatable bonds is 5. The van der Waals surface area contributed by atoms with Gasteiger partial charge in [-0.15, -0.1) is 0 Å². The summed E-state index contributed by atoms with van der Waals surface area (Å²) in [6.45, 7) is 2.64. The molecule has 164 valence electrons. The van der Waals surface area contributed by atoms with Gasteiger partial charge in [-0.3, -0.25) is 9.59 Å². The fourth-order valence-corrected chi connectivity index (χ4v) is 3.94. The summed E-state index contributed by atoms with van der Waals surface area (Å²) in [4.78, 5) is 27.4. The minimum absolute atomic E-state index is 0.0876. The van der Waals surface area contributed by atoms with Crippen molar-refractivity contribution in [2.45, 2.75) is 32.5 Å². The first-order valence-electron chi connectivity index (χ1n) is 10.3. The molecule has 0 saturated carbocycles. The minimum Gasteiger partial charge on any atom is -0.480 e. The van der Waals surface area contributed by atoms with E-state index in [0.29, 0.717) is 46.6 Å². The topological polar surface area (TPSA) is 58.6 Å². The number of benzene rings is 3. The summed E-state index contributed by atoms with van der Waals surface area (Å²) in [5, 5.41) is 4.08. The highest BCUT2D eigenvalue weighted by atomic mass is 35.5. The van der Waals surface area contributed by atoms with Crippen LogP contribution in [0.25, 0.3) is 0 Å². The smallest absolute Gasteiger partial charge is 0.264 e. The zero-order chi connectivity index (χ0) is 22.7. The van der Waals surface area contributed by atoms with Gasteiger partial charge in [0.25, 0.3) is 11.8 Å². The van der Waals surface area contributed by atoms with Crippen molar-refractivity contribution in [1.29, 1.82) is 0 Å². The molecule has 7 heteroatoms. The first kappa shape index (κ1) is 22.2. The SMILES string of the molecule is CC[C@@H]1Oc2ccc(NC(=O)c3ccc(Cl)cc3)cc2CN(Cc2ccccc2Cl)C1=O. The van der Waals surface area contributed by atoms with E-state index in [2.05, 4.69) is 5.32 Å². The van der Waals surface area contributed by atoms with Gasteiger partial charge in [0.1, 0.15) is 5.75 Å². The lowest BCUT2D eigenvalue weighted by atomic mass is 10.1. The average molecular weight is 469 g/mol. The van der Waals surface area contributed by atoms with Gasteiger partial charge in [-0.05, 0) is 60.5 Å². The lowest BCUT2D eigenvalue weighted by Gasteiger charge is -2.23. The number of fused-ring (bicyclic) bond motifs is 1. The lowest BCUT2D eigenvalue weighted by molar-refractivity contribution is -0.139. The number of hydrogen-bond acceptors (Lipinski definition) is 3. The molecule has 0 aromatic heterocycles. The van der Waals surface area contributed by atoms with Crippen molar-refractivity contribution in [3.8, 4) is 5.75 Å². The first-order chi connectivity index (χ1) is 15.4. The highest BCUT2D eigenvalue weighted by Gasteiger charge is 2.30. The van der Waals surface area contributed by atoms with Gasteiger partial charge in [-0.25, -0.2) is 0 Å². The van der Waals surface area contributed by atoms with E-state index in [1.807, 2.05) is 37.3 Å². The molecule has 0 fully saturated rings. The van der Waals surface area contributed by atoms with E-state index in [1.54, 1.807) is 41.3 Å². The summed E-state index contributed by atoms with van der Waals surface area (Å²) in [5.41, 5.74) is 2.80. The van der Waals surface area contributed by atoms with Gasteiger partial charge in [0, 0.05) is 39.9 Å². The van der Waals surface area contributed by atoms with Crippen LogP contribution in [-0.2, 0) is 17.9 Å². The first-order valence-corrected chi connectivity index (χ1v) is 11.1. The predicted octanol–water partition coefficient (Wildman–Crippen LogP) is 5.95. The van der Waals surface area contributed by atoms with Gasteiger partial charge in [0.2, 0.25) is 0 Å². The number of ether oxygens (including phenoxy) is 1. The van der Waals surface area contributed by atoms with Crippen LogP contribution in [0.15, 0.2) is 66.7 Å². The van der Waals surface area contributed by atoms with Crippen LogP contribution < -0.4 is 10.1 Å². The summed E-state index contributed by atoms with van der Waals surface area (Å²) < 4.78 is 6.02. The second-order valence-electron chi connectivity index (χ2n) is 7.58. The molecule has 0 unspecified atom stereocenters. The third kappa shape index (κ3) is 4.90. The maximum atomic E-state index is 13.1. The number of carbonyl (C=O) groups excluding carboxylic acids is 2. The average Bonchev–Trinajstić information content (AvgIpc) is 2.92. The summed E-state index contributed by atoms with van der Waals surface area (Å²) in [5.74, 6) is 0.304. The monoisotopic (exact) mass is 468 g/mol. The third-order valence-electron chi connectivity index (χ3n) is 5.33. The Morgan fingerprint density at radius 2 is 1.84 bits per heavy atom. The third-order valence-corrected chi connectivity index (χ3v) is 5.95. The fraction of sp³-hybridized carbons (Fsp3) is 0.200. The van der Waals surface area contributed by atoms with Crippen LogP contribution in [-0.4, -0.2) is 22.8 Å². The molecule has 4 rings (SSSR count). The molecule has 1 aliphatic rings. The molecule has 3 aromatic rings. The van der Waals surface area contributed by atoms with Gasteiger partial charge in [-0.1, -0.05) is 48.3 Å². The number of amides is 2. The van der Waals surface area contributed by atoms with E-state index in [9.17, 15) is 9.59 Å². The van der Waals surface area contributed by atoms with Crippen molar-refractivity contribution in [3.63, 3.8) is 0 Å². The molecular formula is C25H22Cl2N2O3. The van der Waals surface area contributed by atoms with E-state index in [-0.39, 0.29) is 11.8 Å². The van der Waals surface area contributed by atoms with Gasteiger partial charge >= 0.3 is 0 Å². The Morgan fingerprint density at radius 1 is 1.09 bits per heavy atom. The Balaban J connectivity index is 1.59. The summed E-state index contributed by atoms with van der Waals surface area (Å²) in [7, 11) is 0. The molecule has 0 saturated heterocycles. The Bertz CT molecular complexity index is 1150. The number of halogens is 2. The fourth-order valence-electron chi connectivity index (χ4n) is 3.62. The molecular weight excluding hydrogens is 447 g/mol. The molecule has 2 amide bonds. The maximum Gasteiger partial charge on any atom is 0.264 e. The van der Waals surface area contributed by atoms with E-state index >= 15 is 0 Å². The zero-order valence-corrected chi connectivity index (χ0v) is 19.0. The van der Waals surface area contributed by atoms with Crippen molar-refractivity contribution < 1.29 is 14.3 Å². The van der Waals surface area contributed by atoms with Crippen molar-refractivity contribution in [2.24, 2.45) is 0 Å². The Kier molecular flexibility index (Phi) is 6.68. The highest BCUT2D eigenvalue weighted by molar-refractivity contribution is 6.31. The number of carbonyl (C=O) groups is 2. The van der Waals surface area contributed by atoms with Crippen LogP contribution in [0.1, 0.15) is 34.8 Å². The van der Waals surface area contributed by atoms with Crippen LogP contribution in [0.3, 0.4) is 0 Å². The van der Waals surface area contributed by atoms with Crippen molar-refractivity contribution in [1.82, 2.24) is 4.90 Å². The normalized spacial score (nSPS) is 15.5. The van der Waals surface area contributed by atoms with Gasteiger partial charge in [0.15, 0.2) is 6.10 Å². The van der Waals surface area contributed by atoms with E-state index in [1.165, 1.54) is 0 Å². The Morgan fingerprint density at radius 3 is 2.56 bits per heavy atom. The molecule has 1 aliphatic heterocycles. The highest BCUT2D eigenvalue weighted by Crippen LogP contribution is 2.31. The van der Waals surface area contributed by atoms with Crippen molar-refractivity contribution in [3.05, 3.63) is 93.5 Å². The second kappa shape index (κ2) is 9.63. The molecule has 5 nitrogen and oxygen atoms in total. The zero-order valence-electron chi connectivity index (χ0n) is 17.5. The largest absolute Gasteiger partial charge is 0.480 e. The molecule has 0 spiro atoms. The van der Waals surface area contributed by atoms with Gasteiger partial charge < -0.3 is 15.0 Å². The van der Waals surface area contributed by atoms with Crippen molar-refractivity contribution >= 4 is 40.7 Å². The van der Waals surface area contributed by atoms with E-state index < -0.39 is 6.10 Å². The molecule has 0 bridgehead atoms. The standard InChI is InChI=1S/C25H22Cl2N2O3/c1-2-22-25(31)29(14-17-5-3-4-6-21(17)27)15-18-13-20(11-12-23(18)32-22)28-24(30)16-7-9-19(26)10-8-16/h3-13,22H,2,14-15H2,1H3,(H,28,30)/t22-/m0/s1. The van der Waals surface area contributed by atoms with Crippen LogP contribution in [0.4, 0.5) is 5.69 Å². The molecule has 0 radical (unpaired) electrons. The van der Waals surface area contributed by atoms with Crippen LogP contribution in [0.5, 0.6) is 5.75 Å². The molecule has 3 aromatic carbocycles. The second-order valence-corrected chi connectivity index (χ2v) is 8.43. The lowest BCUT2D eigenvalue weighted by Crippen LogP contribution is -2.38. The Hall–Kier alpha value is -3.02. The quantitative estimate of drug-likeness (QED) is 0.503. The van der Waals surface area contributed by atoms with Crippen LogP contribution in [0, 0.1) is 0 Å². The van der Waals surface area contributed by atoms with E-state index in [0.717, 1.165) is 11.1 Å². The molecule has 1 heterocycles. The predicted molar refractivity (Wildman–Crippen MR) is 126 cm³/mol. The number of hydrogen-bond donors (Lipinski definition) is 1. The van der Waals surface area contributed by atoms with Gasteiger partial charge in [0.05, 0.1) is 0 Å². The van der Waals surface area contributed by atoms with Crippen LogP contribution >= 0.6 is 23.2 Å². The van der Waals surface area contributed by atoms with E-state index in [4.69, 9.17) is 27.9 Å². The molecule has 0 aliphatic carbocycles. The minimum atomic E-state index is -0.576. The summed E-state index contributed by atoms with van der Waals surface area (Å²) in [6, 6.07) is 19.6. The van der Waals surface area contributed by atoms with Gasteiger partial charge in [-0.2, -0.15) is 0 Å².